The maximum Gasteiger partial charge on any atom is 0.200 e. The number of nitrogens with zero attached hydrogens (tertiary/aromatic N) is 5. The van der Waals surface area contributed by atoms with E-state index in [9.17, 15) is 0 Å². The standard InChI is InChI=1S/C17H17N5O2S2/c1-17(2,3)14-18-16(26-21-14)25-15-20-19-13(12-7-5-9-24-12)22(15)10-11-6-4-8-23-11/h4-9H,10H2,1-3H3. The fourth-order valence-corrected chi connectivity index (χ4v) is 4.01. The van der Waals surface area contributed by atoms with Crippen LogP contribution < -0.4 is 0 Å². The molecular weight excluding hydrogens is 370 g/mol. The van der Waals surface area contributed by atoms with Gasteiger partial charge in [0.2, 0.25) is 5.82 Å². The Kier molecular flexibility index (Phi) is 4.41. The highest BCUT2D eigenvalue weighted by atomic mass is 32.2. The third-order valence-corrected chi connectivity index (χ3v) is 5.35. The van der Waals surface area contributed by atoms with Crippen LogP contribution in [-0.2, 0) is 12.0 Å². The smallest absolute Gasteiger partial charge is 0.200 e. The number of aromatic nitrogens is 5. The maximum atomic E-state index is 5.50. The van der Waals surface area contributed by atoms with E-state index in [-0.39, 0.29) is 5.41 Å². The van der Waals surface area contributed by atoms with Crippen LogP contribution in [0, 0.1) is 0 Å². The van der Waals surface area contributed by atoms with Gasteiger partial charge in [-0.15, -0.1) is 10.2 Å². The summed E-state index contributed by atoms with van der Waals surface area (Å²) in [6.07, 6.45) is 3.27. The van der Waals surface area contributed by atoms with E-state index in [0.29, 0.717) is 23.3 Å². The third-order valence-electron chi connectivity index (χ3n) is 3.61. The van der Waals surface area contributed by atoms with Crippen LogP contribution in [0.4, 0.5) is 0 Å². The van der Waals surface area contributed by atoms with Gasteiger partial charge in [0, 0.05) is 5.41 Å². The summed E-state index contributed by atoms with van der Waals surface area (Å²) in [6.45, 7) is 6.79. The molecule has 0 amide bonds. The van der Waals surface area contributed by atoms with Crippen molar-refractivity contribution in [3.8, 4) is 11.6 Å². The second kappa shape index (κ2) is 6.73. The fourth-order valence-electron chi connectivity index (χ4n) is 2.29. The Morgan fingerprint density at radius 3 is 2.58 bits per heavy atom. The lowest BCUT2D eigenvalue weighted by atomic mass is 9.96. The maximum absolute atomic E-state index is 5.50. The van der Waals surface area contributed by atoms with E-state index in [2.05, 4.69) is 40.3 Å². The van der Waals surface area contributed by atoms with Gasteiger partial charge in [-0.25, -0.2) is 4.98 Å². The van der Waals surface area contributed by atoms with Crippen LogP contribution >= 0.6 is 23.3 Å². The van der Waals surface area contributed by atoms with Crippen molar-refractivity contribution in [2.75, 3.05) is 0 Å². The van der Waals surface area contributed by atoms with E-state index >= 15 is 0 Å². The van der Waals surface area contributed by atoms with Gasteiger partial charge in [0.15, 0.2) is 15.3 Å². The molecule has 0 atom stereocenters. The Balaban J connectivity index is 1.68. The van der Waals surface area contributed by atoms with Gasteiger partial charge >= 0.3 is 0 Å². The van der Waals surface area contributed by atoms with Crippen LogP contribution in [0.5, 0.6) is 0 Å². The van der Waals surface area contributed by atoms with E-state index in [0.717, 1.165) is 15.9 Å². The van der Waals surface area contributed by atoms with Crippen LogP contribution in [0.25, 0.3) is 11.6 Å². The van der Waals surface area contributed by atoms with E-state index in [1.165, 1.54) is 23.3 Å². The summed E-state index contributed by atoms with van der Waals surface area (Å²) in [5.41, 5.74) is -0.0868. The van der Waals surface area contributed by atoms with Crippen molar-refractivity contribution < 1.29 is 8.83 Å². The van der Waals surface area contributed by atoms with Gasteiger partial charge in [-0.3, -0.25) is 4.57 Å². The fraction of sp³-hybridized carbons (Fsp3) is 0.294. The first-order valence-corrected chi connectivity index (χ1v) is 9.61. The van der Waals surface area contributed by atoms with E-state index in [1.807, 2.05) is 28.8 Å². The summed E-state index contributed by atoms with van der Waals surface area (Å²) in [6, 6.07) is 7.47. The summed E-state index contributed by atoms with van der Waals surface area (Å²) in [5, 5.41) is 9.35. The van der Waals surface area contributed by atoms with Gasteiger partial charge in [0.25, 0.3) is 0 Å². The number of hydrogen-bond donors (Lipinski definition) is 0. The van der Waals surface area contributed by atoms with Crippen LogP contribution in [0.2, 0.25) is 0 Å². The molecule has 0 saturated carbocycles. The molecule has 0 aliphatic rings. The first kappa shape index (κ1) is 17.0. The highest BCUT2D eigenvalue weighted by molar-refractivity contribution is 8.00. The van der Waals surface area contributed by atoms with Gasteiger partial charge in [0.1, 0.15) is 11.6 Å². The molecule has 9 heteroatoms. The average molecular weight is 387 g/mol. The quantitative estimate of drug-likeness (QED) is 0.499. The molecule has 0 aliphatic carbocycles. The summed E-state index contributed by atoms with van der Waals surface area (Å²) in [5.74, 6) is 2.94. The summed E-state index contributed by atoms with van der Waals surface area (Å²) >= 11 is 2.81. The van der Waals surface area contributed by atoms with Crippen LogP contribution in [0.3, 0.4) is 0 Å². The largest absolute Gasteiger partial charge is 0.467 e. The summed E-state index contributed by atoms with van der Waals surface area (Å²) in [4.78, 5) is 4.63. The Bertz CT molecular complexity index is 981. The lowest BCUT2D eigenvalue weighted by molar-refractivity contribution is 0.482. The summed E-state index contributed by atoms with van der Waals surface area (Å²) in [7, 11) is 0. The van der Waals surface area contributed by atoms with Crippen LogP contribution in [-0.4, -0.2) is 24.1 Å². The molecule has 4 heterocycles. The second-order valence-corrected chi connectivity index (χ2v) is 8.65. The molecule has 0 bridgehead atoms. The molecule has 0 fully saturated rings. The monoisotopic (exact) mass is 387 g/mol. The SMILES string of the molecule is CC(C)(C)c1nsc(Sc2nnc(-c3ccco3)n2Cc2ccco2)n1. The Morgan fingerprint density at radius 1 is 1.12 bits per heavy atom. The number of furan rings is 2. The molecule has 0 saturated heterocycles. The zero-order chi connectivity index (χ0) is 18.1. The second-order valence-electron chi connectivity index (χ2n) is 6.68. The molecule has 134 valence electrons. The molecule has 4 aromatic heterocycles. The molecule has 26 heavy (non-hydrogen) atoms. The predicted octanol–water partition coefficient (Wildman–Crippen LogP) is 4.48. The highest BCUT2D eigenvalue weighted by Crippen LogP contribution is 2.33. The molecule has 0 spiro atoms. The number of rotatable bonds is 5. The van der Waals surface area contributed by atoms with Gasteiger partial charge in [-0.05, 0) is 47.6 Å². The van der Waals surface area contributed by atoms with Crippen molar-refractivity contribution in [1.82, 2.24) is 24.1 Å². The molecule has 0 unspecified atom stereocenters. The normalized spacial score (nSPS) is 12.0. The van der Waals surface area contributed by atoms with Gasteiger partial charge in [-0.1, -0.05) is 20.8 Å². The van der Waals surface area contributed by atoms with Crippen molar-refractivity contribution in [2.24, 2.45) is 0 Å². The van der Waals surface area contributed by atoms with E-state index in [1.54, 1.807) is 12.5 Å². The molecule has 0 aliphatic heterocycles. The van der Waals surface area contributed by atoms with E-state index in [4.69, 9.17) is 8.83 Å². The molecule has 0 N–H and O–H groups in total. The molecular formula is C17H17N5O2S2. The van der Waals surface area contributed by atoms with Gasteiger partial charge < -0.3 is 8.83 Å². The average Bonchev–Trinajstić information content (AvgIpc) is 3.35. The van der Waals surface area contributed by atoms with E-state index < -0.39 is 0 Å². The zero-order valence-electron chi connectivity index (χ0n) is 14.5. The first-order valence-electron chi connectivity index (χ1n) is 8.02. The van der Waals surface area contributed by atoms with Crippen molar-refractivity contribution in [2.45, 2.75) is 42.2 Å². The minimum absolute atomic E-state index is 0.0868. The van der Waals surface area contributed by atoms with Crippen LogP contribution in [0.1, 0.15) is 32.4 Å². The lowest BCUT2D eigenvalue weighted by Crippen LogP contribution is -2.12. The molecule has 7 nitrogen and oxygen atoms in total. The Labute approximate surface area is 158 Å². The van der Waals surface area contributed by atoms with Crippen molar-refractivity contribution in [1.29, 1.82) is 0 Å². The lowest BCUT2D eigenvalue weighted by Gasteiger charge is -2.12. The van der Waals surface area contributed by atoms with Crippen molar-refractivity contribution in [3.05, 3.63) is 48.4 Å². The molecule has 0 aromatic carbocycles. The molecule has 4 rings (SSSR count). The van der Waals surface area contributed by atoms with Gasteiger partial charge in [0.05, 0.1) is 19.1 Å². The zero-order valence-corrected chi connectivity index (χ0v) is 16.2. The third kappa shape index (κ3) is 3.45. The van der Waals surface area contributed by atoms with Gasteiger partial charge in [-0.2, -0.15) is 4.37 Å². The minimum atomic E-state index is -0.0868. The van der Waals surface area contributed by atoms with Crippen molar-refractivity contribution >= 4 is 23.3 Å². The van der Waals surface area contributed by atoms with Crippen molar-refractivity contribution in [3.63, 3.8) is 0 Å². The van der Waals surface area contributed by atoms with Crippen LogP contribution in [0.15, 0.2) is 55.1 Å². The summed E-state index contributed by atoms with van der Waals surface area (Å²) < 4.78 is 18.2. The Hall–Kier alpha value is -2.39. The predicted molar refractivity (Wildman–Crippen MR) is 98.3 cm³/mol. The molecule has 4 aromatic rings. The number of hydrogen-bond acceptors (Lipinski definition) is 8. The Morgan fingerprint density at radius 2 is 1.92 bits per heavy atom. The molecule has 0 radical (unpaired) electrons. The minimum Gasteiger partial charge on any atom is -0.467 e. The topological polar surface area (TPSA) is 82.8 Å². The first-order chi connectivity index (χ1) is 12.5. The highest BCUT2D eigenvalue weighted by Gasteiger charge is 2.23.